The van der Waals surface area contributed by atoms with E-state index in [1.54, 1.807) is 30.3 Å². The zero-order chi connectivity index (χ0) is 9.73. The van der Waals surface area contributed by atoms with Crippen LogP contribution < -0.4 is 0 Å². The van der Waals surface area contributed by atoms with Crippen LogP contribution in [0, 0.1) is 6.92 Å². The molecule has 0 atom stereocenters. The van der Waals surface area contributed by atoms with Gasteiger partial charge in [-0.3, -0.25) is 0 Å². The summed E-state index contributed by atoms with van der Waals surface area (Å²) in [6, 6.07) is 8.39. The van der Waals surface area contributed by atoms with Crippen LogP contribution in [0.4, 0.5) is 0 Å². The molecule has 0 aliphatic carbocycles. The van der Waals surface area contributed by atoms with Gasteiger partial charge in [0.15, 0.2) is 9.84 Å². The van der Waals surface area contributed by atoms with Crippen LogP contribution in [0.15, 0.2) is 47.4 Å². The molecular weight excluding hydrogens is 184 g/mol. The highest BCUT2D eigenvalue weighted by Gasteiger charge is 2.10. The summed E-state index contributed by atoms with van der Waals surface area (Å²) >= 11 is 0. The van der Waals surface area contributed by atoms with Gasteiger partial charge in [0.2, 0.25) is 0 Å². The number of benzene rings is 1. The van der Waals surface area contributed by atoms with E-state index in [1.165, 1.54) is 12.2 Å². The standard InChI is InChI=1S/C10H11O2S/c1-2-3-9-13(11,12)10-7-5-4-6-8-10/h2-8H,1,9H2. The van der Waals surface area contributed by atoms with Gasteiger partial charge in [-0.05, 0) is 19.1 Å². The Morgan fingerprint density at radius 2 is 1.85 bits per heavy atom. The van der Waals surface area contributed by atoms with Crippen molar-refractivity contribution >= 4 is 9.84 Å². The van der Waals surface area contributed by atoms with E-state index in [4.69, 9.17) is 0 Å². The fourth-order valence-electron chi connectivity index (χ4n) is 0.919. The van der Waals surface area contributed by atoms with Gasteiger partial charge in [0.1, 0.15) is 0 Å². The highest BCUT2D eigenvalue weighted by atomic mass is 32.2. The molecule has 0 spiro atoms. The summed E-state index contributed by atoms with van der Waals surface area (Å²) in [4.78, 5) is 0.355. The lowest BCUT2D eigenvalue weighted by Crippen LogP contribution is -2.03. The Bertz CT molecular complexity index is 377. The third-order valence-corrected chi connectivity index (χ3v) is 3.21. The van der Waals surface area contributed by atoms with Crippen molar-refractivity contribution in [2.45, 2.75) is 4.90 Å². The smallest absolute Gasteiger partial charge is 0.181 e. The summed E-state index contributed by atoms with van der Waals surface area (Å²) in [5.74, 6) is 0.0144. The minimum absolute atomic E-state index is 0.0144. The van der Waals surface area contributed by atoms with Crippen LogP contribution in [-0.4, -0.2) is 14.2 Å². The number of allylic oxidation sites excluding steroid dienone is 1. The molecule has 1 radical (unpaired) electrons. The van der Waals surface area contributed by atoms with Crippen molar-refractivity contribution in [1.82, 2.24) is 0 Å². The minimum atomic E-state index is -3.15. The first-order valence-corrected chi connectivity index (χ1v) is 5.54. The Hall–Kier alpha value is -1.09. The summed E-state index contributed by atoms with van der Waals surface area (Å²) in [7, 11) is -3.15. The van der Waals surface area contributed by atoms with E-state index in [2.05, 4.69) is 6.92 Å². The molecule has 3 heteroatoms. The predicted molar refractivity (Wildman–Crippen MR) is 53.0 cm³/mol. The van der Waals surface area contributed by atoms with Crippen molar-refractivity contribution < 1.29 is 8.42 Å². The van der Waals surface area contributed by atoms with Gasteiger partial charge < -0.3 is 0 Å². The fraction of sp³-hybridized carbons (Fsp3) is 0.100. The van der Waals surface area contributed by atoms with E-state index in [1.807, 2.05) is 0 Å². The molecule has 13 heavy (non-hydrogen) atoms. The predicted octanol–water partition coefficient (Wildman–Crippen LogP) is 1.85. The average molecular weight is 195 g/mol. The van der Waals surface area contributed by atoms with Gasteiger partial charge in [-0.1, -0.05) is 30.4 Å². The van der Waals surface area contributed by atoms with Gasteiger partial charge in [-0.2, -0.15) is 0 Å². The van der Waals surface area contributed by atoms with Crippen molar-refractivity contribution in [2.24, 2.45) is 0 Å². The summed E-state index contributed by atoms with van der Waals surface area (Å²) in [6.45, 7) is 3.44. The molecule has 69 valence electrons. The second-order valence-corrected chi connectivity index (χ2v) is 4.60. The first-order chi connectivity index (χ1) is 6.17. The second kappa shape index (κ2) is 4.23. The van der Waals surface area contributed by atoms with Crippen LogP contribution in [0.1, 0.15) is 0 Å². The van der Waals surface area contributed by atoms with Crippen LogP contribution in [-0.2, 0) is 9.84 Å². The average Bonchev–Trinajstić information content (AvgIpc) is 2.16. The molecule has 0 aromatic heterocycles. The number of hydrogen-bond donors (Lipinski definition) is 0. The van der Waals surface area contributed by atoms with Gasteiger partial charge in [0, 0.05) is 0 Å². The van der Waals surface area contributed by atoms with E-state index in [9.17, 15) is 8.42 Å². The summed E-state index contributed by atoms with van der Waals surface area (Å²) < 4.78 is 23.0. The van der Waals surface area contributed by atoms with Crippen LogP contribution in [0.5, 0.6) is 0 Å². The van der Waals surface area contributed by atoms with Crippen LogP contribution in [0.3, 0.4) is 0 Å². The number of sulfone groups is 1. The Labute approximate surface area is 78.8 Å². The van der Waals surface area contributed by atoms with Crippen LogP contribution in [0.2, 0.25) is 0 Å². The lowest BCUT2D eigenvalue weighted by molar-refractivity contribution is 0.599. The fourth-order valence-corrected chi connectivity index (χ4v) is 2.07. The number of rotatable bonds is 3. The molecule has 0 fully saturated rings. The summed E-state index contributed by atoms with van der Waals surface area (Å²) in [5, 5.41) is 0. The van der Waals surface area contributed by atoms with Crippen molar-refractivity contribution in [3.63, 3.8) is 0 Å². The van der Waals surface area contributed by atoms with Crippen molar-refractivity contribution in [3.8, 4) is 0 Å². The lowest BCUT2D eigenvalue weighted by atomic mass is 10.4. The first kappa shape index (κ1) is 9.99. The molecule has 0 N–H and O–H groups in total. The molecule has 0 amide bonds. The van der Waals surface area contributed by atoms with Gasteiger partial charge in [0.25, 0.3) is 0 Å². The topological polar surface area (TPSA) is 34.1 Å². The quantitative estimate of drug-likeness (QED) is 0.737. The molecule has 0 aliphatic heterocycles. The third kappa shape index (κ3) is 2.70. The Morgan fingerprint density at radius 3 is 2.38 bits per heavy atom. The monoisotopic (exact) mass is 195 g/mol. The molecular formula is C10H11O2S. The van der Waals surface area contributed by atoms with Crippen molar-refractivity contribution in [2.75, 3.05) is 5.75 Å². The van der Waals surface area contributed by atoms with Crippen LogP contribution >= 0.6 is 0 Å². The highest BCUT2D eigenvalue weighted by Crippen LogP contribution is 2.09. The van der Waals surface area contributed by atoms with E-state index in [-0.39, 0.29) is 5.75 Å². The largest absolute Gasteiger partial charge is 0.223 e. The molecule has 1 aromatic carbocycles. The Morgan fingerprint density at radius 1 is 1.23 bits per heavy atom. The van der Waals surface area contributed by atoms with E-state index in [0.717, 1.165) is 0 Å². The normalized spacial score (nSPS) is 12.1. The lowest BCUT2D eigenvalue weighted by Gasteiger charge is -1.99. The molecule has 0 heterocycles. The van der Waals surface area contributed by atoms with Gasteiger partial charge >= 0.3 is 0 Å². The van der Waals surface area contributed by atoms with Crippen molar-refractivity contribution in [3.05, 3.63) is 49.4 Å². The maximum Gasteiger partial charge on any atom is 0.181 e. The SMILES string of the molecule is [CH2]C=CCS(=O)(=O)c1ccccc1. The van der Waals surface area contributed by atoms with Crippen LogP contribution in [0.25, 0.3) is 0 Å². The maximum absolute atomic E-state index is 11.5. The molecule has 2 nitrogen and oxygen atoms in total. The molecule has 1 rings (SSSR count). The van der Waals surface area contributed by atoms with Gasteiger partial charge in [-0.25, -0.2) is 8.42 Å². The zero-order valence-electron chi connectivity index (χ0n) is 7.18. The third-order valence-electron chi connectivity index (χ3n) is 1.58. The van der Waals surface area contributed by atoms with Gasteiger partial charge in [-0.15, -0.1) is 0 Å². The molecule has 0 bridgehead atoms. The van der Waals surface area contributed by atoms with Gasteiger partial charge in [0.05, 0.1) is 10.6 Å². The Balaban J connectivity index is 2.95. The van der Waals surface area contributed by atoms with E-state index >= 15 is 0 Å². The molecule has 0 saturated heterocycles. The van der Waals surface area contributed by atoms with Crippen molar-refractivity contribution in [1.29, 1.82) is 0 Å². The minimum Gasteiger partial charge on any atom is -0.223 e. The highest BCUT2D eigenvalue weighted by molar-refractivity contribution is 7.91. The zero-order valence-corrected chi connectivity index (χ0v) is 8.00. The molecule has 0 aliphatic rings. The Kier molecular flexibility index (Phi) is 3.25. The van der Waals surface area contributed by atoms with E-state index < -0.39 is 9.84 Å². The summed E-state index contributed by atoms with van der Waals surface area (Å²) in [6.07, 6.45) is 3.02. The van der Waals surface area contributed by atoms with E-state index in [0.29, 0.717) is 4.90 Å². The molecule has 0 unspecified atom stereocenters. The maximum atomic E-state index is 11.5. The summed E-state index contributed by atoms with van der Waals surface area (Å²) in [5.41, 5.74) is 0. The second-order valence-electron chi connectivity index (χ2n) is 2.57. The molecule has 0 saturated carbocycles. The molecule has 1 aromatic rings. The number of hydrogen-bond acceptors (Lipinski definition) is 2. The first-order valence-electron chi connectivity index (χ1n) is 3.89.